The molecule has 4 rings (SSSR count). The number of benzene rings is 1. The fourth-order valence-corrected chi connectivity index (χ4v) is 5.82. The fraction of sp³-hybridized carbons (Fsp3) is 0.690. The summed E-state index contributed by atoms with van der Waals surface area (Å²) in [5, 5.41) is 3.47. The molecule has 0 bridgehead atoms. The average molecular weight is 601 g/mol. The molecule has 3 heterocycles. The standard InChI is InChI=1S/C29H45N5O4.2ClH/c1-21(2)20-34(23-17-22(18-30-19-23)28(35)32-14-11-24(38-4)12-15-32)29(36)27-31-25-9-5-6-10-26(25)33(27)13-7-8-16-37-3;;/h5-6,9-10,21-24,30H,7-8,11-20H2,1-4H3;2*1H/t22-,23+;;/m1../s1. The molecule has 0 saturated carbocycles. The van der Waals surface area contributed by atoms with Gasteiger partial charge in [-0.05, 0) is 50.2 Å². The van der Waals surface area contributed by atoms with Crippen molar-refractivity contribution in [1.29, 1.82) is 0 Å². The molecule has 11 heteroatoms. The van der Waals surface area contributed by atoms with Gasteiger partial charge in [-0.3, -0.25) is 9.59 Å². The van der Waals surface area contributed by atoms with E-state index < -0.39 is 0 Å². The highest BCUT2D eigenvalue weighted by atomic mass is 35.5. The molecule has 1 N–H and O–H groups in total. The van der Waals surface area contributed by atoms with E-state index >= 15 is 0 Å². The zero-order valence-electron chi connectivity index (χ0n) is 24.3. The molecule has 2 fully saturated rings. The van der Waals surface area contributed by atoms with Gasteiger partial charge in [0.25, 0.3) is 5.91 Å². The van der Waals surface area contributed by atoms with Crippen LogP contribution < -0.4 is 5.32 Å². The molecule has 2 aliphatic heterocycles. The van der Waals surface area contributed by atoms with E-state index in [1.54, 1.807) is 14.2 Å². The summed E-state index contributed by atoms with van der Waals surface area (Å²) in [6.45, 7) is 9.10. The second kappa shape index (κ2) is 16.5. The van der Waals surface area contributed by atoms with Crippen LogP contribution in [0, 0.1) is 11.8 Å². The number of nitrogens with zero attached hydrogens (tertiary/aromatic N) is 4. The first-order valence-corrected chi connectivity index (χ1v) is 14.2. The number of likely N-dealkylation sites (tertiary alicyclic amines) is 1. The Hall–Kier alpha value is -1.91. The molecule has 2 aliphatic rings. The second-order valence-electron chi connectivity index (χ2n) is 11.1. The van der Waals surface area contributed by atoms with Gasteiger partial charge in [0.2, 0.25) is 5.91 Å². The van der Waals surface area contributed by atoms with Crippen molar-refractivity contribution in [2.45, 2.75) is 64.6 Å². The smallest absolute Gasteiger partial charge is 0.290 e. The molecule has 0 unspecified atom stereocenters. The van der Waals surface area contributed by atoms with Crippen LogP contribution in [0.15, 0.2) is 24.3 Å². The van der Waals surface area contributed by atoms with Crippen molar-refractivity contribution in [3.8, 4) is 0 Å². The van der Waals surface area contributed by atoms with Crippen LogP contribution in [-0.4, -0.2) is 96.9 Å². The summed E-state index contributed by atoms with van der Waals surface area (Å²) < 4.78 is 12.8. The predicted octanol–water partition coefficient (Wildman–Crippen LogP) is 4.02. The number of aromatic nitrogens is 2. The molecule has 1 aromatic heterocycles. The van der Waals surface area contributed by atoms with Gasteiger partial charge in [0.15, 0.2) is 5.82 Å². The van der Waals surface area contributed by atoms with Crippen LogP contribution in [0.4, 0.5) is 0 Å². The molecular weight excluding hydrogens is 553 g/mol. The maximum Gasteiger partial charge on any atom is 0.290 e. The fourth-order valence-electron chi connectivity index (χ4n) is 5.82. The third-order valence-corrected chi connectivity index (χ3v) is 7.85. The van der Waals surface area contributed by atoms with E-state index in [-0.39, 0.29) is 54.7 Å². The Morgan fingerprint density at radius 3 is 2.50 bits per heavy atom. The third-order valence-electron chi connectivity index (χ3n) is 7.85. The number of aryl methyl sites for hydroxylation is 1. The first-order chi connectivity index (χ1) is 18.4. The molecular formula is C29H47Cl2N5O4. The van der Waals surface area contributed by atoms with Crippen molar-refractivity contribution in [3.05, 3.63) is 30.1 Å². The lowest BCUT2D eigenvalue weighted by Crippen LogP contribution is -2.56. The number of halogens is 2. The number of piperidine rings is 2. The first-order valence-electron chi connectivity index (χ1n) is 14.2. The number of methoxy groups -OCH3 is 2. The number of rotatable bonds is 11. The SMILES string of the molecule is COCCCCn1c(C(=O)N(CC(C)C)[C@@H]2CNC[C@H](C(=O)N3CCC(OC)CC3)C2)nc2ccccc21.Cl.Cl. The number of para-hydroxylation sites is 2. The maximum atomic E-state index is 14.2. The van der Waals surface area contributed by atoms with Crippen molar-refractivity contribution in [2.75, 3.05) is 53.6 Å². The summed E-state index contributed by atoms with van der Waals surface area (Å²) in [6.07, 6.45) is 4.49. The van der Waals surface area contributed by atoms with E-state index in [0.717, 1.165) is 49.8 Å². The van der Waals surface area contributed by atoms with E-state index in [0.29, 0.717) is 50.9 Å². The predicted molar refractivity (Wildman–Crippen MR) is 163 cm³/mol. The van der Waals surface area contributed by atoms with Crippen LogP contribution >= 0.6 is 24.8 Å². The Morgan fingerprint density at radius 1 is 1.10 bits per heavy atom. The topological polar surface area (TPSA) is 88.9 Å². The quantitative estimate of drug-likeness (QED) is 0.392. The highest BCUT2D eigenvalue weighted by molar-refractivity contribution is 5.95. The first kappa shape index (κ1) is 34.3. The van der Waals surface area contributed by atoms with E-state index in [1.165, 1.54) is 0 Å². The number of hydrogen-bond acceptors (Lipinski definition) is 6. The highest BCUT2D eigenvalue weighted by Gasteiger charge is 2.37. The van der Waals surface area contributed by atoms with E-state index in [9.17, 15) is 9.59 Å². The Bertz CT molecular complexity index is 1070. The highest BCUT2D eigenvalue weighted by Crippen LogP contribution is 2.25. The molecule has 0 spiro atoms. The van der Waals surface area contributed by atoms with E-state index in [1.807, 2.05) is 34.1 Å². The summed E-state index contributed by atoms with van der Waals surface area (Å²) >= 11 is 0. The number of nitrogens with one attached hydrogen (secondary N) is 1. The summed E-state index contributed by atoms with van der Waals surface area (Å²) in [5.41, 5.74) is 1.81. The number of imidazole rings is 1. The Labute approximate surface area is 251 Å². The molecule has 40 heavy (non-hydrogen) atoms. The van der Waals surface area contributed by atoms with Gasteiger partial charge in [-0.25, -0.2) is 4.98 Å². The van der Waals surface area contributed by atoms with Crippen molar-refractivity contribution in [2.24, 2.45) is 11.8 Å². The molecule has 2 aromatic rings. The largest absolute Gasteiger partial charge is 0.385 e. The molecule has 0 radical (unpaired) electrons. The number of carbonyl (C=O) groups excluding carboxylic acids is 2. The molecule has 2 saturated heterocycles. The van der Waals surface area contributed by atoms with Gasteiger partial charge in [0, 0.05) is 66.1 Å². The molecule has 0 aliphatic carbocycles. The lowest BCUT2D eigenvalue weighted by atomic mass is 9.92. The van der Waals surface area contributed by atoms with Gasteiger partial charge in [-0.1, -0.05) is 26.0 Å². The average Bonchev–Trinajstić information content (AvgIpc) is 3.32. The minimum absolute atomic E-state index is 0. The summed E-state index contributed by atoms with van der Waals surface area (Å²) in [4.78, 5) is 36.4. The summed E-state index contributed by atoms with van der Waals surface area (Å²) in [5.74, 6) is 0.784. The zero-order chi connectivity index (χ0) is 27.1. The summed E-state index contributed by atoms with van der Waals surface area (Å²) in [7, 11) is 3.45. The minimum Gasteiger partial charge on any atom is -0.385 e. The van der Waals surface area contributed by atoms with Gasteiger partial charge < -0.3 is 29.2 Å². The van der Waals surface area contributed by atoms with Gasteiger partial charge in [0.1, 0.15) is 0 Å². The minimum atomic E-state index is -0.136. The van der Waals surface area contributed by atoms with Crippen LogP contribution in [0.5, 0.6) is 0 Å². The monoisotopic (exact) mass is 599 g/mol. The second-order valence-corrected chi connectivity index (χ2v) is 11.1. The van der Waals surface area contributed by atoms with Crippen molar-refractivity contribution in [3.63, 3.8) is 0 Å². The molecule has 2 amide bonds. The van der Waals surface area contributed by atoms with Crippen LogP contribution in [-0.2, 0) is 20.8 Å². The molecule has 1 aromatic carbocycles. The molecule has 2 atom stereocenters. The van der Waals surface area contributed by atoms with Crippen molar-refractivity contribution >= 4 is 47.7 Å². The number of unbranched alkanes of at least 4 members (excludes halogenated alkanes) is 1. The lowest BCUT2D eigenvalue weighted by Gasteiger charge is -2.40. The third kappa shape index (κ3) is 8.32. The van der Waals surface area contributed by atoms with Crippen LogP contribution in [0.25, 0.3) is 11.0 Å². The van der Waals surface area contributed by atoms with Crippen LogP contribution in [0.1, 0.15) is 56.6 Å². The number of fused-ring (bicyclic) bond motifs is 1. The normalized spacial score (nSPS) is 19.8. The number of hydrogen-bond donors (Lipinski definition) is 1. The van der Waals surface area contributed by atoms with Crippen LogP contribution in [0.3, 0.4) is 0 Å². The number of carbonyl (C=O) groups is 2. The molecule has 9 nitrogen and oxygen atoms in total. The Balaban J connectivity index is 0.00000280. The lowest BCUT2D eigenvalue weighted by molar-refractivity contribution is -0.139. The maximum absolute atomic E-state index is 14.2. The van der Waals surface area contributed by atoms with Gasteiger partial charge >= 0.3 is 0 Å². The van der Waals surface area contributed by atoms with Crippen LogP contribution in [0.2, 0.25) is 0 Å². The van der Waals surface area contributed by atoms with Crippen molar-refractivity contribution in [1.82, 2.24) is 24.7 Å². The summed E-state index contributed by atoms with van der Waals surface area (Å²) in [6, 6.07) is 7.89. The van der Waals surface area contributed by atoms with E-state index in [4.69, 9.17) is 14.5 Å². The Kier molecular flexibility index (Phi) is 14.2. The van der Waals surface area contributed by atoms with Gasteiger partial charge in [-0.2, -0.15) is 0 Å². The van der Waals surface area contributed by atoms with E-state index in [2.05, 4.69) is 23.7 Å². The van der Waals surface area contributed by atoms with Crippen molar-refractivity contribution < 1.29 is 19.1 Å². The van der Waals surface area contributed by atoms with Gasteiger partial charge in [-0.15, -0.1) is 24.8 Å². The molecule has 226 valence electrons. The Morgan fingerprint density at radius 2 is 1.82 bits per heavy atom. The number of amides is 2. The number of ether oxygens (including phenoxy) is 2. The zero-order valence-corrected chi connectivity index (χ0v) is 26.0. The van der Waals surface area contributed by atoms with Gasteiger partial charge in [0.05, 0.1) is 23.1 Å².